The summed E-state index contributed by atoms with van der Waals surface area (Å²) in [5, 5.41) is 3.53. The van der Waals surface area contributed by atoms with E-state index in [0.29, 0.717) is 12.1 Å². The molecule has 1 aromatic carbocycles. The van der Waals surface area contributed by atoms with Gasteiger partial charge in [0.1, 0.15) is 0 Å². The van der Waals surface area contributed by atoms with E-state index in [1.54, 1.807) is 0 Å². The first-order valence-electron chi connectivity index (χ1n) is 7.54. The summed E-state index contributed by atoms with van der Waals surface area (Å²) < 4.78 is 7.14. The first kappa shape index (κ1) is 14.5. The maximum Gasteiger partial charge on any atom is 0.0827 e. The second kappa shape index (κ2) is 6.56. The van der Waals surface area contributed by atoms with Gasteiger partial charge < -0.3 is 10.1 Å². The van der Waals surface area contributed by atoms with E-state index in [2.05, 4.69) is 51.3 Å². The van der Waals surface area contributed by atoms with Gasteiger partial charge >= 0.3 is 0 Å². The van der Waals surface area contributed by atoms with Crippen LogP contribution in [0.5, 0.6) is 0 Å². The monoisotopic (exact) mass is 338 g/mol. The van der Waals surface area contributed by atoms with Crippen LogP contribution in [-0.2, 0) is 11.3 Å². The summed E-state index contributed by atoms with van der Waals surface area (Å²) in [6.07, 6.45) is 3.01. The van der Waals surface area contributed by atoms with E-state index in [1.165, 1.54) is 35.0 Å². The summed E-state index contributed by atoms with van der Waals surface area (Å²) in [6, 6.07) is 7.22. The molecule has 0 aliphatic carbocycles. The third kappa shape index (κ3) is 3.42. The zero-order valence-electron chi connectivity index (χ0n) is 12.1. The van der Waals surface area contributed by atoms with Crippen LogP contribution in [0.4, 0.5) is 0 Å². The molecule has 0 spiro atoms. The standard InChI is InChI=1S/C16H23BrN2O/c1-12-7-13(4-5-16(12)17)8-18-9-15-10-19-6-2-3-14(19)11-20-15/h4-5,7,14-15,18H,2-3,6,8-11H2,1H3. The maximum absolute atomic E-state index is 5.96. The Bertz CT molecular complexity index is 466. The smallest absolute Gasteiger partial charge is 0.0827 e. The Labute approximate surface area is 129 Å². The predicted molar refractivity (Wildman–Crippen MR) is 84.9 cm³/mol. The number of hydrogen-bond acceptors (Lipinski definition) is 3. The SMILES string of the molecule is Cc1cc(CNCC2CN3CCCC3CO2)ccc1Br. The highest BCUT2D eigenvalue weighted by Crippen LogP contribution is 2.22. The van der Waals surface area contributed by atoms with Gasteiger partial charge in [0.2, 0.25) is 0 Å². The number of benzene rings is 1. The summed E-state index contributed by atoms with van der Waals surface area (Å²) in [7, 11) is 0. The van der Waals surface area contributed by atoms with Crippen LogP contribution >= 0.6 is 15.9 Å². The average molecular weight is 339 g/mol. The third-order valence-corrected chi connectivity index (χ3v) is 5.27. The summed E-state index contributed by atoms with van der Waals surface area (Å²) in [4.78, 5) is 2.60. The highest BCUT2D eigenvalue weighted by molar-refractivity contribution is 9.10. The van der Waals surface area contributed by atoms with Gasteiger partial charge in [-0.2, -0.15) is 0 Å². The van der Waals surface area contributed by atoms with Crippen molar-refractivity contribution >= 4 is 15.9 Å². The fraction of sp³-hybridized carbons (Fsp3) is 0.625. The average Bonchev–Trinajstić information content (AvgIpc) is 2.90. The molecule has 3 rings (SSSR count). The zero-order chi connectivity index (χ0) is 13.9. The Morgan fingerprint density at radius 2 is 2.35 bits per heavy atom. The third-order valence-electron chi connectivity index (χ3n) is 4.39. The summed E-state index contributed by atoms with van der Waals surface area (Å²) in [5.74, 6) is 0. The largest absolute Gasteiger partial charge is 0.374 e. The molecule has 0 aromatic heterocycles. The van der Waals surface area contributed by atoms with Gasteiger partial charge in [-0.05, 0) is 43.5 Å². The van der Waals surface area contributed by atoms with E-state index in [9.17, 15) is 0 Å². The molecule has 110 valence electrons. The van der Waals surface area contributed by atoms with Crippen LogP contribution in [0, 0.1) is 6.92 Å². The van der Waals surface area contributed by atoms with Gasteiger partial charge in [0.25, 0.3) is 0 Å². The molecule has 2 fully saturated rings. The Morgan fingerprint density at radius 1 is 1.45 bits per heavy atom. The first-order valence-corrected chi connectivity index (χ1v) is 8.33. The Hall–Kier alpha value is -0.420. The maximum atomic E-state index is 5.96. The molecule has 2 aliphatic rings. The number of halogens is 1. The van der Waals surface area contributed by atoms with E-state index in [1.807, 2.05) is 0 Å². The lowest BCUT2D eigenvalue weighted by molar-refractivity contribution is -0.0470. The zero-order valence-corrected chi connectivity index (χ0v) is 13.7. The van der Waals surface area contributed by atoms with Gasteiger partial charge in [-0.3, -0.25) is 4.90 Å². The van der Waals surface area contributed by atoms with Crippen LogP contribution in [0.3, 0.4) is 0 Å². The van der Waals surface area contributed by atoms with Crippen LogP contribution in [0.25, 0.3) is 0 Å². The second-order valence-electron chi connectivity index (χ2n) is 5.96. The molecule has 20 heavy (non-hydrogen) atoms. The molecule has 3 nitrogen and oxygen atoms in total. The molecular weight excluding hydrogens is 316 g/mol. The lowest BCUT2D eigenvalue weighted by atomic mass is 10.1. The number of nitrogens with zero attached hydrogens (tertiary/aromatic N) is 1. The molecule has 0 saturated carbocycles. The second-order valence-corrected chi connectivity index (χ2v) is 6.82. The Kier molecular flexibility index (Phi) is 4.76. The molecule has 2 atom stereocenters. The highest BCUT2D eigenvalue weighted by Gasteiger charge is 2.31. The normalized spacial score (nSPS) is 26.7. The van der Waals surface area contributed by atoms with Gasteiger partial charge in [-0.25, -0.2) is 0 Å². The number of rotatable bonds is 4. The Morgan fingerprint density at radius 3 is 3.20 bits per heavy atom. The number of ether oxygens (including phenoxy) is 1. The van der Waals surface area contributed by atoms with Crippen molar-refractivity contribution in [2.45, 2.75) is 38.5 Å². The minimum Gasteiger partial charge on any atom is -0.374 e. The minimum absolute atomic E-state index is 0.348. The van der Waals surface area contributed by atoms with Crippen molar-refractivity contribution in [1.82, 2.24) is 10.2 Å². The van der Waals surface area contributed by atoms with Gasteiger partial charge in [0.15, 0.2) is 0 Å². The molecule has 2 unspecified atom stereocenters. The highest BCUT2D eigenvalue weighted by atomic mass is 79.9. The molecule has 2 saturated heterocycles. The van der Waals surface area contributed by atoms with Crippen LogP contribution in [-0.4, -0.2) is 43.3 Å². The van der Waals surface area contributed by atoms with Gasteiger partial charge in [-0.1, -0.05) is 28.1 Å². The van der Waals surface area contributed by atoms with Gasteiger partial charge in [0, 0.05) is 30.1 Å². The van der Waals surface area contributed by atoms with Crippen molar-refractivity contribution in [2.75, 3.05) is 26.2 Å². The summed E-state index contributed by atoms with van der Waals surface area (Å²) in [5.41, 5.74) is 2.62. The summed E-state index contributed by atoms with van der Waals surface area (Å²) >= 11 is 3.54. The number of aryl methyl sites for hydroxylation is 1. The molecule has 0 bridgehead atoms. The van der Waals surface area contributed by atoms with Gasteiger partial charge in [0.05, 0.1) is 12.7 Å². The number of morpholine rings is 1. The van der Waals surface area contributed by atoms with Crippen molar-refractivity contribution in [1.29, 1.82) is 0 Å². The Balaban J connectivity index is 1.44. The van der Waals surface area contributed by atoms with Crippen molar-refractivity contribution in [2.24, 2.45) is 0 Å². The number of fused-ring (bicyclic) bond motifs is 1. The van der Waals surface area contributed by atoms with E-state index in [-0.39, 0.29) is 0 Å². The van der Waals surface area contributed by atoms with E-state index in [4.69, 9.17) is 4.74 Å². The molecule has 1 aromatic rings. The fourth-order valence-electron chi connectivity index (χ4n) is 3.20. The minimum atomic E-state index is 0.348. The number of hydrogen-bond donors (Lipinski definition) is 1. The van der Waals surface area contributed by atoms with Crippen LogP contribution in [0.2, 0.25) is 0 Å². The quantitative estimate of drug-likeness (QED) is 0.913. The molecule has 0 amide bonds. The molecule has 4 heteroatoms. The van der Waals surface area contributed by atoms with Crippen molar-refractivity contribution in [3.05, 3.63) is 33.8 Å². The van der Waals surface area contributed by atoms with Crippen LogP contribution in [0.1, 0.15) is 24.0 Å². The van der Waals surface area contributed by atoms with Crippen molar-refractivity contribution in [3.8, 4) is 0 Å². The fourth-order valence-corrected chi connectivity index (χ4v) is 3.45. The van der Waals surface area contributed by atoms with Gasteiger partial charge in [-0.15, -0.1) is 0 Å². The van der Waals surface area contributed by atoms with E-state index in [0.717, 1.165) is 26.2 Å². The lowest BCUT2D eigenvalue weighted by Gasteiger charge is -2.35. The van der Waals surface area contributed by atoms with E-state index >= 15 is 0 Å². The van der Waals surface area contributed by atoms with Crippen LogP contribution in [0.15, 0.2) is 22.7 Å². The molecule has 2 aliphatic heterocycles. The van der Waals surface area contributed by atoms with E-state index < -0.39 is 0 Å². The molecule has 1 N–H and O–H groups in total. The predicted octanol–water partition coefficient (Wildman–Crippen LogP) is 2.71. The first-order chi connectivity index (χ1) is 9.72. The number of nitrogens with one attached hydrogen (secondary N) is 1. The van der Waals surface area contributed by atoms with Crippen molar-refractivity contribution < 1.29 is 4.74 Å². The molecule has 0 radical (unpaired) electrons. The van der Waals surface area contributed by atoms with Crippen molar-refractivity contribution in [3.63, 3.8) is 0 Å². The van der Waals surface area contributed by atoms with Crippen LogP contribution < -0.4 is 5.32 Å². The lowest BCUT2D eigenvalue weighted by Crippen LogP contribution is -2.49. The molecule has 2 heterocycles. The molecular formula is C16H23BrN2O. The topological polar surface area (TPSA) is 24.5 Å². The summed E-state index contributed by atoms with van der Waals surface area (Å²) in [6.45, 7) is 7.26.